The first-order valence-electron chi connectivity index (χ1n) is 11.3. The molecule has 3 heteroatoms. The molecule has 0 unspecified atom stereocenters. The van der Waals surface area contributed by atoms with Crippen molar-refractivity contribution in [1.82, 2.24) is 4.90 Å². The van der Waals surface area contributed by atoms with E-state index in [1.807, 2.05) is 0 Å². The van der Waals surface area contributed by atoms with Gasteiger partial charge in [0.2, 0.25) is 0 Å². The number of rotatable bonds is 9. The molecule has 0 aromatic heterocycles. The number of nitrogens with zero attached hydrogens (tertiary/aromatic N) is 1. The minimum absolute atomic E-state index is 0.156. The third kappa shape index (κ3) is 4.53. The van der Waals surface area contributed by atoms with Gasteiger partial charge in [-0.2, -0.15) is 0 Å². The number of hydrogen-bond donors (Lipinski definition) is 0. The molecule has 2 aromatic carbocycles. The first kappa shape index (κ1) is 21.2. The molecule has 0 saturated heterocycles. The maximum absolute atomic E-state index is 7.04. The van der Waals surface area contributed by atoms with Gasteiger partial charge in [-0.05, 0) is 86.7 Å². The molecule has 0 heterocycles. The SMILES string of the molecule is CCN(CCCc1c(C2(Cl)CCC2)cccc1C1(Cl)CCC1)Cc1ccccc1. The Morgan fingerprint density at radius 3 is 1.90 bits per heavy atom. The fourth-order valence-electron chi connectivity index (χ4n) is 4.88. The molecule has 156 valence electrons. The normalized spacial score (nSPS) is 19.6. The highest BCUT2D eigenvalue weighted by atomic mass is 35.5. The first-order chi connectivity index (χ1) is 14.0. The van der Waals surface area contributed by atoms with Crippen LogP contribution in [0.5, 0.6) is 0 Å². The van der Waals surface area contributed by atoms with Gasteiger partial charge in [-0.1, -0.05) is 55.5 Å². The Balaban J connectivity index is 1.49. The number of benzene rings is 2. The summed E-state index contributed by atoms with van der Waals surface area (Å²) in [7, 11) is 0. The Morgan fingerprint density at radius 2 is 1.41 bits per heavy atom. The molecule has 0 amide bonds. The summed E-state index contributed by atoms with van der Waals surface area (Å²) >= 11 is 14.1. The van der Waals surface area contributed by atoms with Crippen molar-refractivity contribution in [2.75, 3.05) is 13.1 Å². The molecule has 0 aliphatic heterocycles. The van der Waals surface area contributed by atoms with Crippen molar-refractivity contribution in [1.29, 1.82) is 0 Å². The van der Waals surface area contributed by atoms with Crippen LogP contribution in [0.3, 0.4) is 0 Å². The molecule has 0 bridgehead atoms. The molecular formula is C26H33Cl2N. The van der Waals surface area contributed by atoms with E-state index in [0.29, 0.717) is 0 Å². The average Bonchev–Trinajstić information content (AvgIpc) is 2.70. The predicted molar refractivity (Wildman–Crippen MR) is 125 cm³/mol. The standard InChI is InChI=1S/C26H33Cl2N/c1-2-29(20-21-10-4-3-5-11-21)19-7-12-22-23(25(27)15-8-16-25)13-6-14-24(22)26(28)17-9-18-26/h3-6,10-11,13-14H,2,7-9,12,15-20H2,1H3. The Bertz CT molecular complexity index is 770. The molecule has 29 heavy (non-hydrogen) atoms. The van der Waals surface area contributed by atoms with Crippen LogP contribution in [0.2, 0.25) is 0 Å². The summed E-state index contributed by atoms with van der Waals surface area (Å²) in [6.07, 6.45) is 9.06. The summed E-state index contributed by atoms with van der Waals surface area (Å²) in [5.41, 5.74) is 5.56. The van der Waals surface area contributed by atoms with Crippen molar-refractivity contribution in [2.45, 2.75) is 74.6 Å². The van der Waals surface area contributed by atoms with Crippen LogP contribution in [-0.2, 0) is 22.7 Å². The largest absolute Gasteiger partial charge is 0.299 e. The van der Waals surface area contributed by atoms with Crippen molar-refractivity contribution in [2.24, 2.45) is 0 Å². The van der Waals surface area contributed by atoms with Gasteiger partial charge in [-0.25, -0.2) is 0 Å². The molecule has 0 spiro atoms. The quantitative estimate of drug-likeness (QED) is 0.375. The van der Waals surface area contributed by atoms with Crippen LogP contribution < -0.4 is 0 Å². The minimum atomic E-state index is -0.156. The van der Waals surface area contributed by atoms with E-state index < -0.39 is 0 Å². The van der Waals surface area contributed by atoms with E-state index in [9.17, 15) is 0 Å². The summed E-state index contributed by atoms with van der Waals surface area (Å²) in [6, 6.07) is 17.5. The summed E-state index contributed by atoms with van der Waals surface area (Å²) in [4.78, 5) is 2.23. The van der Waals surface area contributed by atoms with Gasteiger partial charge in [-0.3, -0.25) is 4.90 Å². The molecule has 2 aliphatic rings. The van der Waals surface area contributed by atoms with Crippen LogP contribution in [0.1, 0.15) is 74.1 Å². The van der Waals surface area contributed by atoms with Gasteiger partial charge < -0.3 is 0 Å². The van der Waals surface area contributed by atoms with E-state index in [1.54, 1.807) is 0 Å². The second kappa shape index (κ2) is 9.00. The van der Waals surface area contributed by atoms with Crippen LogP contribution in [-0.4, -0.2) is 18.0 Å². The lowest BCUT2D eigenvalue weighted by atomic mass is 9.71. The third-order valence-electron chi connectivity index (χ3n) is 7.03. The highest BCUT2D eigenvalue weighted by Crippen LogP contribution is 2.53. The smallest absolute Gasteiger partial charge is 0.0697 e. The second-order valence-electron chi connectivity index (χ2n) is 8.93. The summed E-state index contributed by atoms with van der Waals surface area (Å²) in [5, 5.41) is 0. The van der Waals surface area contributed by atoms with E-state index in [-0.39, 0.29) is 9.75 Å². The molecule has 0 atom stereocenters. The number of hydrogen-bond acceptors (Lipinski definition) is 1. The van der Waals surface area contributed by atoms with E-state index in [1.165, 1.54) is 35.1 Å². The van der Waals surface area contributed by atoms with Gasteiger partial charge in [0.25, 0.3) is 0 Å². The molecule has 0 radical (unpaired) electrons. The first-order valence-corrected chi connectivity index (χ1v) is 12.1. The molecule has 1 nitrogen and oxygen atoms in total. The summed E-state index contributed by atoms with van der Waals surface area (Å²) in [6.45, 7) is 5.45. The van der Waals surface area contributed by atoms with Gasteiger partial charge in [-0.15, -0.1) is 23.2 Å². The zero-order chi connectivity index (χ0) is 20.3. The van der Waals surface area contributed by atoms with Gasteiger partial charge in [0, 0.05) is 6.54 Å². The van der Waals surface area contributed by atoms with Crippen molar-refractivity contribution >= 4 is 23.2 Å². The Kier molecular flexibility index (Phi) is 6.59. The van der Waals surface area contributed by atoms with Crippen LogP contribution in [0.15, 0.2) is 48.5 Å². The summed E-state index contributed by atoms with van der Waals surface area (Å²) < 4.78 is 0. The predicted octanol–water partition coefficient (Wildman–Crippen LogP) is 7.38. The van der Waals surface area contributed by atoms with Crippen LogP contribution >= 0.6 is 23.2 Å². The van der Waals surface area contributed by atoms with E-state index in [4.69, 9.17) is 23.2 Å². The number of halogens is 2. The highest BCUT2D eigenvalue weighted by Gasteiger charge is 2.42. The Labute approximate surface area is 186 Å². The second-order valence-corrected chi connectivity index (χ2v) is 10.4. The highest BCUT2D eigenvalue weighted by molar-refractivity contribution is 6.25. The van der Waals surface area contributed by atoms with Crippen LogP contribution in [0.25, 0.3) is 0 Å². The number of alkyl halides is 2. The lowest BCUT2D eigenvalue weighted by molar-refractivity contribution is 0.275. The topological polar surface area (TPSA) is 3.24 Å². The van der Waals surface area contributed by atoms with Crippen LogP contribution in [0.4, 0.5) is 0 Å². The van der Waals surface area contributed by atoms with Crippen molar-refractivity contribution < 1.29 is 0 Å². The van der Waals surface area contributed by atoms with Crippen molar-refractivity contribution in [3.8, 4) is 0 Å². The van der Waals surface area contributed by atoms with Gasteiger partial charge in [0.1, 0.15) is 0 Å². The average molecular weight is 430 g/mol. The fourth-order valence-corrected chi connectivity index (χ4v) is 5.77. The van der Waals surface area contributed by atoms with Gasteiger partial charge in [0.05, 0.1) is 9.75 Å². The molecule has 0 N–H and O–H groups in total. The molecule has 2 fully saturated rings. The molecule has 2 aromatic rings. The molecular weight excluding hydrogens is 397 g/mol. The monoisotopic (exact) mass is 429 g/mol. The lowest BCUT2D eigenvalue weighted by Gasteiger charge is -2.42. The molecule has 4 rings (SSSR count). The maximum atomic E-state index is 7.04. The van der Waals surface area contributed by atoms with Gasteiger partial charge in [0.15, 0.2) is 0 Å². The Hall–Kier alpha value is -1.02. The Morgan fingerprint density at radius 1 is 0.828 bits per heavy atom. The van der Waals surface area contributed by atoms with E-state index in [2.05, 4.69) is 60.4 Å². The maximum Gasteiger partial charge on any atom is 0.0697 e. The van der Waals surface area contributed by atoms with E-state index in [0.717, 1.165) is 58.2 Å². The molecule has 2 saturated carbocycles. The zero-order valence-corrected chi connectivity index (χ0v) is 19.1. The van der Waals surface area contributed by atoms with Crippen LogP contribution in [0, 0.1) is 0 Å². The molecule has 2 aliphatic carbocycles. The fraction of sp³-hybridized carbons (Fsp3) is 0.538. The minimum Gasteiger partial charge on any atom is -0.299 e. The van der Waals surface area contributed by atoms with E-state index >= 15 is 0 Å². The summed E-state index contributed by atoms with van der Waals surface area (Å²) in [5.74, 6) is 0. The van der Waals surface area contributed by atoms with Gasteiger partial charge >= 0.3 is 0 Å². The van der Waals surface area contributed by atoms with Crippen molar-refractivity contribution in [3.63, 3.8) is 0 Å². The van der Waals surface area contributed by atoms with Crippen molar-refractivity contribution in [3.05, 3.63) is 70.8 Å². The zero-order valence-electron chi connectivity index (χ0n) is 17.6. The lowest BCUT2D eigenvalue weighted by Crippen LogP contribution is -2.33. The third-order valence-corrected chi connectivity index (χ3v) is 8.19.